The molecule has 22 heavy (non-hydrogen) atoms. The monoisotopic (exact) mass is 335 g/mol. The molecule has 0 aliphatic rings. The molecule has 0 spiro atoms. The van der Waals surface area contributed by atoms with Gasteiger partial charge in [0.2, 0.25) is 0 Å². The van der Waals surface area contributed by atoms with Crippen LogP contribution in [0.15, 0.2) is 42.5 Å². The van der Waals surface area contributed by atoms with E-state index < -0.39 is 4.92 Å². The minimum Gasteiger partial charge on any atom is -0.332 e. The molecule has 0 amide bonds. The maximum absolute atomic E-state index is 10.9. The lowest BCUT2D eigenvalue weighted by Gasteiger charge is -2.11. The summed E-state index contributed by atoms with van der Waals surface area (Å²) in [4.78, 5) is 10.3. The van der Waals surface area contributed by atoms with Gasteiger partial charge in [-0.15, -0.1) is 0 Å². The summed E-state index contributed by atoms with van der Waals surface area (Å²) in [5, 5.41) is 17.2. The lowest BCUT2D eigenvalue weighted by molar-refractivity contribution is -0.384. The Morgan fingerprint density at radius 1 is 1.18 bits per heavy atom. The van der Waals surface area contributed by atoms with Crippen LogP contribution in [-0.2, 0) is 6.42 Å². The van der Waals surface area contributed by atoms with Gasteiger partial charge in [-0.1, -0.05) is 30.7 Å². The van der Waals surface area contributed by atoms with Crippen molar-refractivity contribution in [3.63, 3.8) is 0 Å². The Hall–Kier alpha value is -2.18. The van der Waals surface area contributed by atoms with E-state index in [1.165, 1.54) is 17.7 Å². The number of rotatable bonds is 4. The average Bonchev–Trinajstić information content (AvgIpc) is 2.49. The second-order valence-electron chi connectivity index (χ2n) is 4.55. The molecule has 2 rings (SSSR count). The Balaban J connectivity index is 2.05. The number of aryl methyl sites for hydroxylation is 1. The van der Waals surface area contributed by atoms with Gasteiger partial charge in [0.25, 0.3) is 5.69 Å². The fraction of sp³-hybridized carbons (Fsp3) is 0.133. The third-order valence-electron chi connectivity index (χ3n) is 3.02. The van der Waals surface area contributed by atoms with E-state index in [4.69, 9.17) is 23.8 Å². The average molecular weight is 336 g/mol. The topological polar surface area (TPSA) is 67.2 Å². The first-order valence-corrected chi connectivity index (χ1v) is 7.39. The normalized spacial score (nSPS) is 10.1. The molecule has 114 valence electrons. The van der Waals surface area contributed by atoms with Crippen LogP contribution in [0, 0.1) is 10.1 Å². The van der Waals surface area contributed by atoms with Crippen molar-refractivity contribution in [3.05, 3.63) is 63.2 Å². The van der Waals surface area contributed by atoms with Gasteiger partial charge < -0.3 is 10.6 Å². The number of anilines is 2. The molecule has 0 saturated carbocycles. The van der Waals surface area contributed by atoms with Crippen molar-refractivity contribution < 1.29 is 4.92 Å². The highest BCUT2D eigenvalue weighted by Gasteiger charge is 2.13. The highest BCUT2D eigenvalue weighted by Crippen LogP contribution is 2.27. The van der Waals surface area contributed by atoms with E-state index in [0.717, 1.165) is 12.1 Å². The van der Waals surface area contributed by atoms with Crippen molar-refractivity contribution in [1.82, 2.24) is 0 Å². The Kier molecular flexibility index (Phi) is 5.30. The smallest absolute Gasteiger partial charge is 0.289 e. The first-order valence-electron chi connectivity index (χ1n) is 6.60. The van der Waals surface area contributed by atoms with E-state index in [-0.39, 0.29) is 10.7 Å². The molecule has 2 N–H and O–H groups in total. The van der Waals surface area contributed by atoms with E-state index >= 15 is 0 Å². The van der Waals surface area contributed by atoms with Crippen LogP contribution in [-0.4, -0.2) is 10.0 Å². The van der Waals surface area contributed by atoms with Gasteiger partial charge in [0.05, 0.1) is 4.92 Å². The molecule has 5 nitrogen and oxygen atoms in total. The first kappa shape index (κ1) is 16.2. The summed E-state index contributed by atoms with van der Waals surface area (Å²) in [6, 6.07) is 12.3. The van der Waals surface area contributed by atoms with Gasteiger partial charge in [-0.2, -0.15) is 0 Å². The molecule has 0 heterocycles. The minimum absolute atomic E-state index is 0.0876. The summed E-state index contributed by atoms with van der Waals surface area (Å²) in [6.07, 6.45) is 0.970. The summed E-state index contributed by atoms with van der Waals surface area (Å²) in [5.41, 5.74) is 2.41. The highest BCUT2D eigenvalue weighted by molar-refractivity contribution is 7.80. The number of nitrogens with one attached hydrogen (secondary N) is 2. The number of nitro groups is 1. The molecule has 0 aliphatic heterocycles. The molecule has 2 aromatic carbocycles. The lowest BCUT2D eigenvalue weighted by atomic mass is 10.1. The first-order chi connectivity index (χ1) is 10.5. The van der Waals surface area contributed by atoms with Crippen molar-refractivity contribution in [3.8, 4) is 0 Å². The van der Waals surface area contributed by atoms with Crippen LogP contribution in [0.2, 0.25) is 5.02 Å². The van der Waals surface area contributed by atoms with Crippen LogP contribution in [0.25, 0.3) is 0 Å². The fourth-order valence-electron chi connectivity index (χ4n) is 1.85. The summed E-state index contributed by atoms with van der Waals surface area (Å²) in [7, 11) is 0. The molecule has 0 aromatic heterocycles. The number of halogens is 1. The number of nitrogens with zero attached hydrogens (tertiary/aromatic N) is 1. The fourth-order valence-corrected chi connectivity index (χ4v) is 2.27. The molecule has 7 heteroatoms. The van der Waals surface area contributed by atoms with Crippen LogP contribution in [0.4, 0.5) is 17.1 Å². The van der Waals surface area contributed by atoms with Crippen molar-refractivity contribution in [2.45, 2.75) is 13.3 Å². The van der Waals surface area contributed by atoms with Gasteiger partial charge >= 0.3 is 0 Å². The van der Waals surface area contributed by atoms with E-state index in [9.17, 15) is 10.1 Å². The number of nitro benzene ring substituents is 1. The maximum Gasteiger partial charge on any atom is 0.289 e. The zero-order valence-corrected chi connectivity index (χ0v) is 13.4. The Labute approximate surface area is 138 Å². The molecule has 0 radical (unpaired) electrons. The Morgan fingerprint density at radius 3 is 2.36 bits per heavy atom. The summed E-state index contributed by atoms with van der Waals surface area (Å²) < 4.78 is 0. The zero-order valence-electron chi connectivity index (χ0n) is 11.8. The van der Waals surface area contributed by atoms with Crippen molar-refractivity contribution >= 4 is 46.0 Å². The molecule has 2 aromatic rings. The number of hydrogen-bond donors (Lipinski definition) is 2. The molecule has 0 saturated heterocycles. The highest BCUT2D eigenvalue weighted by atomic mass is 35.5. The van der Waals surface area contributed by atoms with Crippen molar-refractivity contribution in [2.75, 3.05) is 10.6 Å². The van der Waals surface area contributed by atoms with E-state index in [1.54, 1.807) is 6.07 Å². The van der Waals surface area contributed by atoms with Gasteiger partial charge in [0.1, 0.15) is 5.02 Å². The molecule has 0 unspecified atom stereocenters. The van der Waals surface area contributed by atoms with Crippen LogP contribution in [0.1, 0.15) is 12.5 Å². The molecular weight excluding hydrogens is 322 g/mol. The Bertz CT molecular complexity index is 704. The van der Waals surface area contributed by atoms with Crippen molar-refractivity contribution in [1.29, 1.82) is 0 Å². The third kappa shape index (κ3) is 4.16. The third-order valence-corrected chi connectivity index (χ3v) is 3.54. The standard InChI is InChI=1S/C15H14ClN3O2S/c1-2-10-3-5-11(6-4-10)17-15(22)18-12-7-8-13(16)14(9-12)19(20)21/h3-9H,2H2,1H3,(H2,17,18,22). The zero-order chi connectivity index (χ0) is 16.1. The molecule has 0 fully saturated rings. The van der Waals surface area contributed by atoms with Gasteiger partial charge in [-0.25, -0.2) is 0 Å². The van der Waals surface area contributed by atoms with E-state index in [1.807, 2.05) is 24.3 Å². The predicted octanol–water partition coefficient (Wildman–Crippen LogP) is 4.62. The maximum atomic E-state index is 10.9. The van der Waals surface area contributed by atoms with Crippen LogP contribution >= 0.6 is 23.8 Å². The quantitative estimate of drug-likeness (QED) is 0.485. The van der Waals surface area contributed by atoms with Gasteiger partial charge in [0, 0.05) is 17.4 Å². The number of benzene rings is 2. The van der Waals surface area contributed by atoms with E-state index in [0.29, 0.717) is 10.8 Å². The lowest BCUT2D eigenvalue weighted by Crippen LogP contribution is -2.19. The predicted molar refractivity (Wildman–Crippen MR) is 93.8 cm³/mol. The van der Waals surface area contributed by atoms with Crippen LogP contribution < -0.4 is 10.6 Å². The largest absolute Gasteiger partial charge is 0.332 e. The Morgan fingerprint density at radius 2 is 1.77 bits per heavy atom. The molecule has 0 bridgehead atoms. The molecular formula is C15H14ClN3O2S. The van der Waals surface area contributed by atoms with Gasteiger partial charge in [-0.05, 0) is 48.5 Å². The van der Waals surface area contributed by atoms with Crippen LogP contribution in [0.5, 0.6) is 0 Å². The summed E-state index contributed by atoms with van der Waals surface area (Å²) in [5.74, 6) is 0. The number of hydrogen-bond acceptors (Lipinski definition) is 3. The summed E-state index contributed by atoms with van der Waals surface area (Å²) in [6.45, 7) is 2.09. The van der Waals surface area contributed by atoms with Crippen LogP contribution in [0.3, 0.4) is 0 Å². The van der Waals surface area contributed by atoms with Gasteiger partial charge in [0.15, 0.2) is 5.11 Å². The SMILES string of the molecule is CCc1ccc(NC(=S)Nc2ccc(Cl)c([N+](=O)[O-])c2)cc1. The molecule has 0 aliphatic carbocycles. The summed E-state index contributed by atoms with van der Waals surface area (Å²) >= 11 is 11.0. The van der Waals surface area contributed by atoms with E-state index in [2.05, 4.69) is 17.6 Å². The second-order valence-corrected chi connectivity index (χ2v) is 5.37. The minimum atomic E-state index is -0.534. The number of thiocarbonyl (C=S) groups is 1. The second kappa shape index (κ2) is 7.20. The van der Waals surface area contributed by atoms with Gasteiger partial charge in [-0.3, -0.25) is 10.1 Å². The molecule has 0 atom stereocenters. The van der Waals surface area contributed by atoms with Crippen molar-refractivity contribution in [2.24, 2.45) is 0 Å².